The number of hydrogen-bond donors (Lipinski definition) is 1. The number of hydrogen-bond acceptors (Lipinski definition) is 4. The van der Waals surface area contributed by atoms with Gasteiger partial charge in [-0.15, -0.1) is 11.3 Å². The second-order valence-electron chi connectivity index (χ2n) is 3.94. The van der Waals surface area contributed by atoms with Gasteiger partial charge >= 0.3 is 0 Å². The maximum atomic E-state index is 12.1. The smallest absolute Gasteiger partial charge is 0.259 e. The molecule has 0 spiro atoms. The van der Waals surface area contributed by atoms with Crippen molar-refractivity contribution >= 4 is 17.2 Å². The Labute approximate surface area is 108 Å². The van der Waals surface area contributed by atoms with E-state index in [2.05, 4.69) is 9.97 Å². The molecule has 2 rings (SSSR count). The largest absolute Gasteiger partial charge is 0.367 e. The van der Waals surface area contributed by atoms with Gasteiger partial charge in [0.15, 0.2) is 5.43 Å². The number of rotatable bonds is 3. The van der Waals surface area contributed by atoms with Gasteiger partial charge in [-0.25, -0.2) is 4.98 Å². The van der Waals surface area contributed by atoms with Crippen molar-refractivity contribution in [3.63, 3.8) is 0 Å². The number of H-pyrrole nitrogens is 1. The van der Waals surface area contributed by atoms with Crippen molar-refractivity contribution in [1.82, 2.24) is 14.9 Å². The summed E-state index contributed by atoms with van der Waals surface area (Å²) in [6.45, 7) is 2.36. The Hall–Kier alpha value is -1.95. The zero-order valence-corrected chi connectivity index (χ0v) is 11.0. The molecule has 0 unspecified atom stereocenters. The summed E-state index contributed by atoms with van der Waals surface area (Å²) in [5.74, 6) is -0.287. The minimum absolute atomic E-state index is 0.155. The van der Waals surface area contributed by atoms with E-state index in [0.29, 0.717) is 6.54 Å². The topological polar surface area (TPSA) is 66.1 Å². The molecule has 2 aromatic heterocycles. The van der Waals surface area contributed by atoms with Crippen LogP contribution in [0.15, 0.2) is 28.8 Å². The zero-order valence-electron chi connectivity index (χ0n) is 10.1. The maximum Gasteiger partial charge on any atom is 0.259 e. The lowest BCUT2D eigenvalue weighted by atomic mass is 10.2. The zero-order chi connectivity index (χ0) is 13.1. The van der Waals surface area contributed by atoms with E-state index in [-0.39, 0.29) is 16.9 Å². The highest BCUT2D eigenvalue weighted by Crippen LogP contribution is 2.14. The van der Waals surface area contributed by atoms with Gasteiger partial charge in [-0.2, -0.15) is 0 Å². The van der Waals surface area contributed by atoms with Gasteiger partial charge in [0.05, 0.1) is 17.7 Å². The fraction of sp³-hybridized carbons (Fsp3) is 0.250. The SMILES string of the molecule is Cc1ncsc1CN(C)C(=O)c1c[nH]ccc1=O. The van der Waals surface area contributed by atoms with E-state index >= 15 is 0 Å². The van der Waals surface area contributed by atoms with Crippen molar-refractivity contribution in [3.05, 3.63) is 50.3 Å². The van der Waals surface area contributed by atoms with Crippen LogP contribution in [0.2, 0.25) is 0 Å². The van der Waals surface area contributed by atoms with Gasteiger partial charge in [-0.1, -0.05) is 0 Å². The minimum Gasteiger partial charge on any atom is -0.367 e. The molecule has 0 fully saturated rings. The van der Waals surface area contributed by atoms with Crippen LogP contribution in [0.1, 0.15) is 20.9 Å². The van der Waals surface area contributed by atoms with Crippen LogP contribution in [0.5, 0.6) is 0 Å². The molecular weight excluding hydrogens is 250 g/mol. The number of nitrogens with zero attached hydrogens (tertiary/aromatic N) is 2. The molecule has 6 heteroatoms. The molecule has 0 saturated heterocycles. The van der Waals surface area contributed by atoms with Gasteiger partial charge in [0.1, 0.15) is 5.56 Å². The van der Waals surface area contributed by atoms with Gasteiger partial charge in [0.2, 0.25) is 0 Å². The van der Waals surface area contributed by atoms with E-state index in [0.717, 1.165) is 10.6 Å². The molecular formula is C12H13N3O2S. The summed E-state index contributed by atoms with van der Waals surface area (Å²) in [5, 5.41) is 0. The second kappa shape index (κ2) is 5.14. The lowest BCUT2D eigenvalue weighted by Gasteiger charge is -2.15. The standard InChI is InChI=1S/C12H13N3O2S/c1-8-11(18-7-14-8)6-15(2)12(17)9-5-13-4-3-10(9)16/h3-5,7H,6H2,1-2H3,(H,13,16). The first kappa shape index (κ1) is 12.5. The summed E-state index contributed by atoms with van der Waals surface area (Å²) in [6, 6.07) is 1.35. The first-order chi connectivity index (χ1) is 8.59. The van der Waals surface area contributed by atoms with Crippen LogP contribution in [0.3, 0.4) is 0 Å². The molecule has 2 heterocycles. The molecule has 18 heavy (non-hydrogen) atoms. The number of amides is 1. The fourth-order valence-corrected chi connectivity index (χ4v) is 2.38. The second-order valence-corrected chi connectivity index (χ2v) is 4.88. The first-order valence-corrected chi connectivity index (χ1v) is 6.29. The van der Waals surface area contributed by atoms with E-state index in [1.807, 2.05) is 6.92 Å². The highest BCUT2D eigenvalue weighted by Gasteiger charge is 2.16. The molecule has 2 aromatic rings. The summed E-state index contributed by atoms with van der Waals surface area (Å²) < 4.78 is 0. The van der Waals surface area contributed by atoms with Crippen LogP contribution in [-0.4, -0.2) is 27.8 Å². The van der Waals surface area contributed by atoms with Gasteiger partial charge in [-0.05, 0) is 6.92 Å². The lowest BCUT2D eigenvalue weighted by Crippen LogP contribution is -2.30. The Morgan fingerprint density at radius 3 is 2.94 bits per heavy atom. The highest BCUT2D eigenvalue weighted by atomic mass is 32.1. The Morgan fingerprint density at radius 2 is 2.33 bits per heavy atom. The van der Waals surface area contributed by atoms with Crippen LogP contribution in [0.25, 0.3) is 0 Å². The number of carbonyl (C=O) groups is 1. The van der Waals surface area contributed by atoms with Gasteiger partial charge in [0.25, 0.3) is 5.91 Å². The van der Waals surface area contributed by atoms with E-state index < -0.39 is 0 Å². The van der Waals surface area contributed by atoms with E-state index in [9.17, 15) is 9.59 Å². The molecule has 0 bridgehead atoms. The predicted octanol–water partition coefficient (Wildman–Crippen LogP) is 1.41. The molecule has 5 nitrogen and oxygen atoms in total. The van der Waals surface area contributed by atoms with Crippen LogP contribution in [-0.2, 0) is 6.54 Å². The average molecular weight is 263 g/mol. The summed E-state index contributed by atoms with van der Waals surface area (Å²) in [6.07, 6.45) is 2.94. The average Bonchev–Trinajstić information content (AvgIpc) is 2.75. The molecule has 0 aromatic carbocycles. The highest BCUT2D eigenvalue weighted by molar-refractivity contribution is 7.09. The molecule has 0 atom stereocenters. The van der Waals surface area contributed by atoms with E-state index in [1.54, 1.807) is 12.6 Å². The molecule has 0 saturated carbocycles. The molecule has 0 radical (unpaired) electrons. The van der Waals surface area contributed by atoms with Gasteiger partial charge < -0.3 is 9.88 Å². The molecule has 0 aliphatic carbocycles. The van der Waals surface area contributed by atoms with Crippen molar-refractivity contribution in [3.8, 4) is 0 Å². The number of pyridine rings is 1. The summed E-state index contributed by atoms with van der Waals surface area (Å²) in [7, 11) is 1.67. The summed E-state index contributed by atoms with van der Waals surface area (Å²) in [4.78, 5) is 33.1. The Kier molecular flexibility index (Phi) is 3.57. The third-order valence-corrected chi connectivity index (χ3v) is 3.55. The molecule has 94 valence electrons. The number of nitrogens with one attached hydrogen (secondary N) is 1. The number of thiazole rings is 1. The molecule has 1 N–H and O–H groups in total. The van der Waals surface area contributed by atoms with Crippen molar-refractivity contribution < 1.29 is 4.79 Å². The number of aromatic nitrogens is 2. The van der Waals surface area contributed by atoms with Crippen molar-refractivity contribution in [2.24, 2.45) is 0 Å². The Morgan fingerprint density at radius 1 is 1.56 bits per heavy atom. The summed E-state index contributed by atoms with van der Waals surface area (Å²) in [5.41, 5.74) is 2.55. The van der Waals surface area contributed by atoms with Gasteiger partial charge in [-0.3, -0.25) is 9.59 Å². The minimum atomic E-state index is -0.287. The molecule has 0 aliphatic heterocycles. The number of carbonyl (C=O) groups excluding carboxylic acids is 1. The third kappa shape index (κ3) is 2.48. The van der Waals surface area contributed by atoms with Crippen molar-refractivity contribution in [2.45, 2.75) is 13.5 Å². The third-order valence-electron chi connectivity index (χ3n) is 2.63. The Balaban J connectivity index is 2.18. The maximum absolute atomic E-state index is 12.1. The van der Waals surface area contributed by atoms with E-state index in [1.165, 1.54) is 34.7 Å². The van der Waals surface area contributed by atoms with Crippen LogP contribution in [0.4, 0.5) is 0 Å². The molecule has 0 aliphatic rings. The van der Waals surface area contributed by atoms with Crippen molar-refractivity contribution in [1.29, 1.82) is 0 Å². The van der Waals surface area contributed by atoms with Crippen LogP contribution in [0, 0.1) is 6.92 Å². The summed E-state index contributed by atoms with van der Waals surface area (Å²) >= 11 is 1.50. The fourth-order valence-electron chi connectivity index (χ4n) is 1.55. The van der Waals surface area contributed by atoms with Gasteiger partial charge in [0, 0.05) is 30.4 Å². The Bertz CT molecular complexity index is 618. The predicted molar refractivity (Wildman–Crippen MR) is 69.7 cm³/mol. The van der Waals surface area contributed by atoms with Crippen LogP contribution >= 0.6 is 11.3 Å². The molecule has 1 amide bonds. The number of aryl methyl sites for hydroxylation is 1. The quantitative estimate of drug-likeness (QED) is 0.910. The first-order valence-electron chi connectivity index (χ1n) is 5.41. The van der Waals surface area contributed by atoms with Crippen molar-refractivity contribution in [2.75, 3.05) is 7.05 Å². The normalized spacial score (nSPS) is 10.3. The monoisotopic (exact) mass is 263 g/mol. The van der Waals surface area contributed by atoms with Crippen LogP contribution < -0.4 is 5.43 Å². The van der Waals surface area contributed by atoms with E-state index in [4.69, 9.17) is 0 Å². The number of aromatic amines is 1. The lowest BCUT2D eigenvalue weighted by molar-refractivity contribution is 0.0784.